The van der Waals surface area contributed by atoms with Gasteiger partial charge in [-0.05, 0) is 43.7 Å². The van der Waals surface area contributed by atoms with Gasteiger partial charge in [0.05, 0.1) is 30.4 Å². The topological polar surface area (TPSA) is 103 Å². The molecule has 2 N–H and O–H groups in total. The summed E-state index contributed by atoms with van der Waals surface area (Å²) in [6.07, 6.45) is 6.98. The van der Waals surface area contributed by atoms with Crippen LogP contribution >= 0.6 is 0 Å². The van der Waals surface area contributed by atoms with Gasteiger partial charge in [0.2, 0.25) is 11.8 Å². The Morgan fingerprint density at radius 1 is 1.11 bits per heavy atom. The number of pyridine rings is 1. The van der Waals surface area contributed by atoms with Crippen molar-refractivity contribution in [2.24, 2.45) is 5.41 Å². The highest BCUT2D eigenvalue weighted by molar-refractivity contribution is 5.96. The van der Waals surface area contributed by atoms with Gasteiger partial charge in [-0.2, -0.15) is 0 Å². The van der Waals surface area contributed by atoms with Crippen molar-refractivity contribution in [2.75, 3.05) is 6.54 Å². The van der Waals surface area contributed by atoms with Crippen molar-refractivity contribution in [2.45, 2.75) is 70.1 Å². The van der Waals surface area contributed by atoms with Crippen molar-refractivity contribution >= 4 is 17.7 Å². The number of hydrogen-bond acceptors (Lipinski definition) is 5. The maximum atomic E-state index is 13.7. The molecule has 3 heterocycles. The number of rotatable bonds is 5. The number of carbonyl (C=O) groups excluding carboxylic acids is 3. The van der Waals surface area contributed by atoms with Crippen LogP contribution in [0.2, 0.25) is 0 Å². The van der Waals surface area contributed by atoms with E-state index in [0.717, 1.165) is 31.2 Å². The second-order valence-electron chi connectivity index (χ2n) is 10.3. The van der Waals surface area contributed by atoms with Gasteiger partial charge in [-0.15, -0.1) is 0 Å². The molecule has 3 aliphatic rings. The molecule has 8 heteroatoms. The Hall–Kier alpha value is -3.42. The Labute approximate surface area is 205 Å². The van der Waals surface area contributed by atoms with E-state index in [9.17, 15) is 19.5 Å². The molecule has 35 heavy (non-hydrogen) atoms. The Balaban J connectivity index is 1.42. The predicted molar refractivity (Wildman–Crippen MR) is 129 cm³/mol. The number of benzene rings is 1. The van der Waals surface area contributed by atoms with Crippen molar-refractivity contribution in [3.05, 3.63) is 59.9 Å². The predicted octanol–water partition coefficient (Wildman–Crippen LogP) is 2.52. The summed E-state index contributed by atoms with van der Waals surface area (Å²) in [4.78, 5) is 47.1. The number of nitrogens with one attached hydrogen (secondary N) is 1. The first-order chi connectivity index (χ1) is 16.8. The zero-order chi connectivity index (χ0) is 24.7. The van der Waals surface area contributed by atoms with Crippen LogP contribution in [-0.2, 0) is 16.0 Å². The fourth-order valence-corrected chi connectivity index (χ4v) is 6.89. The van der Waals surface area contributed by atoms with E-state index in [1.54, 1.807) is 6.92 Å². The summed E-state index contributed by atoms with van der Waals surface area (Å²) in [6, 6.07) is 11.4. The largest absolute Gasteiger partial charge is 0.506 e. The maximum absolute atomic E-state index is 13.7. The molecule has 5 rings (SSSR count). The summed E-state index contributed by atoms with van der Waals surface area (Å²) in [5.74, 6) is -0.629. The number of aromatic hydroxyl groups is 1. The van der Waals surface area contributed by atoms with Crippen molar-refractivity contribution in [1.82, 2.24) is 20.1 Å². The highest BCUT2D eigenvalue weighted by atomic mass is 16.3. The molecule has 184 valence electrons. The SMILES string of the molecule is CC(=O)N1[C@@H](Cc2ccccc2)[C@@H]2C[C@@]3(C)[C@H](CCC[C@@H]13)N2C(=O)CNC(=O)c1cncc(O)c1. The van der Waals surface area contributed by atoms with Crippen LogP contribution in [-0.4, -0.2) is 68.3 Å². The molecule has 0 unspecified atom stereocenters. The Bertz CT molecular complexity index is 1140. The lowest BCUT2D eigenvalue weighted by atomic mass is 9.64. The zero-order valence-corrected chi connectivity index (χ0v) is 20.2. The van der Waals surface area contributed by atoms with E-state index in [-0.39, 0.29) is 59.3 Å². The van der Waals surface area contributed by atoms with E-state index in [2.05, 4.69) is 34.3 Å². The van der Waals surface area contributed by atoms with Gasteiger partial charge >= 0.3 is 0 Å². The average Bonchev–Trinajstić information content (AvgIpc) is 3.15. The van der Waals surface area contributed by atoms with Crippen LogP contribution in [0, 0.1) is 5.41 Å². The van der Waals surface area contributed by atoms with Gasteiger partial charge in [-0.3, -0.25) is 19.4 Å². The minimum atomic E-state index is -0.456. The number of likely N-dealkylation sites (tertiary alicyclic amines) is 2. The summed E-state index contributed by atoms with van der Waals surface area (Å²) in [7, 11) is 0. The number of piperidine rings is 1. The first-order valence-corrected chi connectivity index (χ1v) is 12.4. The van der Waals surface area contributed by atoms with Crippen LogP contribution in [0.25, 0.3) is 0 Å². The van der Waals surface area contributed by atoms with Crippen molar-refractivity contribution in [3.8, 4) is 5.75 Å². The van der Waals surface area contributed by atoms with Crippen LogP contribution in [0.15, 0.2) is 48.8 Å². The number of aromatic nitrogens is 1. The van der Waals surface area contributed by atoms with E-state index >= 15 is 0 Å². The standard InChI is InChI=1S/C27H32N4O4/c1-17(32)30-21(11-18-7-4-3-5-8-18)22-13-27(2)23(30)9-6-10-24(27)31(22)25(34)16-29-26(35)19-12-20(33)15-28-14-19/h3-5,7-8,12,14-15,21-24,33H,6,9-11,13,16H2,1-2H3,(H,29,35)/t21-,22-,23+,24-,27+/m0/s1. The molecule has 8 nitrogen and oxygen atoms in total. The maximum Gasteiger partial charge on any atom is 0.253 e. The van der Waals surface area contributed by atoms with E-state index in [1.807, 2.05) is 23.1 Å². The minimum Gasteiger partial charge on any atom is -0.506 e. The normalized spacial score (nSPS) is 29.1. The molecule has 1 saturated carbocycles. The Morgan fingerprint density at radius 3 is 2.51 bits per heavy atom. The minimum absolute atomic E-state index is 0.0423. The molecule has 2 aliphatic heterocycles. The van der Waals surface area contributed by atoms with Gasteiger partial charge in [0.1, 0.15) is 5.75 Å². The van der Waals surface area contributed by atoms with E-state index in [0.29, 0.717) is 6.42 Å². The van der Waals surface area contributed by atoms with Gasteiger partial charge in [0.25, 0.3) is 5.91 Å². The first kappa shape index (κ1) is 23.3. The highest BCUT2D eigenvalue weighted by Crippen LogP contribution is 2.56. The van der Waals surface area contributed by atoms with Crippen LogP contribution < -0.4 is 5.32 Å². The summed E-state index contributed by atoms with van der Waals surface area (Å²) >= 11 is 0. The molecule has 5 atom stereocenters. The van der Waals surface area contributed by atoms with Crippen LogP contribution in [0.1, 0.15) is 55.5 Å². The fourth-order valence-electron chi connectivity index (χ4n) is 6.89. The molecule has 3 fully saturated rings. The molecule has 1 aromatic carbocycles. The molecule has 3 amide bonds. The molecule has 1 aromatic heterocycles. The fraction of sp³-hybridized carbons (Fsp3) is 0.481. The number of hydrogen-bond donors (Lipinski definition) is 2. The highest BCUT2D eigenvalue weighted by Gasteiger charge is 2.64. The summed E-state index contributed by atoms with van der Waals surface area (Å²) in [5, 5.41) is 12.3. The second kappa shape index (κ2) is 8.98. The van der Waals surface area contributed by atoms with Crippen molar-refractivity contribution in [3.63, 3.8) is 0 Å². The molecule has 0 spiro atoms. The number of carbonyl (C=O) groups is 3. The lowest BCUT2D eigenvalue weighted by molar-refractivity contribution is -0.143. The van der Waals surface area contributed by atoms with E-state index in [4.69, 9.17) is 0 Å². The smallest absolute Gasteiger partial charge is 0.253 e. The third-order valence-corrected chi connectivity index (χ3v) is 8.28. The molecule has 2 aromatic rings. The molecule has 1 aliphatic carbocycles. The zero-order valence-electron chi connectivity index (χ0n) is 20.2. The van der Waals surface area contributed by atoms with Crippen LogP contribution in [0.5, 0.6) is 5.75 Å². The lowest BCUT2D eigenvalue weighted by Gasteiger charge is -2.52. The molecule has 2 saturated heterocycles. The Morgan fingerprint density at radius 2 is 1.83 bits per heavy atom. The number of amides is 3. The van der Waals surface area contributed by atoms with Crippen LogP contribution in [0.4, 0.5) is 0 Å². The van der Waals surface area contributed by atoms with Crippen LogP contribution in [0.3, 0.4) is 0 Å². The quantitative estimate of drug-likeness (QED) is 0.690. The average molecular weight is 477 g/mol. The second-order valence-corrected chi connectivity index (χ2v) is 10.3. The first-order valence-electron chi connectivity index (χ1n) is 12.4. The lowest BCUT2D eigenvalue weighted by Crippen LogP contribution is -2.62. The molecule has 0 radical (unpaired) electrons. The molecular formula is C27H32N4O4. The Kier molecular flexibility index (Phi) is 5.99. The van der Waals surface area contributed by atoms with E-state index in [1.165, 1.54) is 18.5 Å². The van der Waals surface area contributed by atoms with Gasteiger partial charge in [0, 0.05) is 30.6 Å². The number of nitrogens with zero attached hydrogens (tertiary/aromatic N) is 3. The van der Waals surface area contributed by atoms with Gasteiger partial charge < -0.3 is 20.2 Å². The molecule has 2 bridgehead atoms. The monoisotopic (exact) mass is 476 g/mol. The third-order valence-electron chi connectivity index (χ3n) is 8.28. The summed E-state index contributed by atoms with van der Waals surface area (Å²) < 4.78 is 0. The number of fused-ring (bicyclic) bond motifs is 1. The molecular weight excluding hydrogens is 444 g/mol. The third kappa shape index (κ3) is 4.05. The van der Waals surface area contributed by atoms with Crippen molar-refractivity contribution in [1.29, 1.82) is 0 Å². The summed E-state index contributed by atoms with van der Waals surface area (Å²) in [6.45, 7) is 3.74. The summed E-state index contributed by atoms with van der Waals surface area (Å²) in [5.41, 5.74) is 1.19. The van der Waals surface area contributed by atoms with E-state index < -0.39 is 5.91 Å². The van der Waals surface area contributed by atoms with Gasteiger partial charge in [-0.1, -0.05) is 37.3 Å². The van der Waals surface area contributed by atoms with Crippen molar-refractivity contribution < 1.29 is 19.5 Å². The van der Waals surface area contributed by atoms with Gasteiger partial charge in [0.15, 0.2) is 0 Å². The van der Waals surface area contributed by atoms with Gasteiger partial charge in [-0.25, -0.2) is 0 Å².